The van der Waals surface area contributed by atoms with Crippen molar-refractivity contribution in [3.05, 3.63) is 29.2 Å². The second-order valence-corrected chi connectivity index (χ2v) is 4.08. The molecule has 84 valence electrons. The summed E-state index contributed by atoms with van der Waals surface area (Å²) in [5, 5.41) is 13.2. The number of carbonyl (C=O) groups is 1. The lowest BCUT2D eigenvalue weighted by Crippen LogP contribution is -2.09. The van der Waals surface area contributed by atoms with E-state index in [9.17, 15) is 4.79 Å². The number of rotatable bonds is 2. The van der Waals surface area contributed by atoms with Crippen LogP contribution >= 0.6 is 0 Å². The minimum atomic E-state index is -0.989. The molecule has 2 aromatic rings. The summed E-state index contributed by atoms with van der Waals surface area (Å²) < 4.78 is 1.36. The Morgan fingerprint density at radius 3 is 2.69 bits per heavy atom. The average Bonchev–Trinajstić information content (AvgIpc) is 2.55. The molecule has 2 heterocycles. The molecule has 5 heteroatoms. The van der Waals surface area contributed by atoms with Gasteiger partial charge in [0.25, 0.3) is 0 Å². The summed E-state index contributed by atoms with van der Waals surface area (Å²) in [5.41, 5.74) is 2.27. The Morgan fingerprint density at radius 1 is 1.44 bits per heavy atom. The van der Waals surface area contributed by atoms with Crippen LogP contribution in [-0.2, 0) is 0 Å². The van der Waals surface area contributed by atoms with Crippen molar-refractivity contribution in [3.63, 3.8) is 0 Å². The molecule has 0 saturated heterocycles. The Hall–Kier alpha value is -1.91. The summed E-state index contributed by atoms with van der Waals surface area (Å²) in [4.78, 5) is 15.5. The van der Waals surface area contributed by atoms with E-state index < -0.39 is 5.97 Å². The molecule has 0 aliphatic heterocycles. The first-order chi connectivity index (χ1) is 7.49. The van der Waals surface area contributed by atoms with Crippen molar-refractivity contribution in [2.24, 2.45) is 0 Å². The van der Waals surface area contributed by atoms with Gasteiger partial charge in [0.15, 0.2) is 11.3 Å². The Morgan fingerprint density at radius 2 is 2.12 bits per heavy atom. The van der Waals surface area contributed by atoms with E-state index in [0.717, 1.165) is 11.4 Å². The van der Waals surface area contributed by atoms with Gasteiger partial charge in [-0.15, -0.1) is 0 Å². The molecule has 0 spiro atoms. The minimum absolute atomic E-state index is 0.154. The van der Waals surface area contributed by atoms with Crippen molar-refractivity contribution in [2.75, 3.05) is 0 Å². The lowest BCUT2D eigenvalue weighted by Gasteiger charge is -2.06. The molecule has 0 aromatic carbocycles. The topological polar surface area (TPSA) is 67.5 Å². The fourth-order valence-electron chi connectivity index (χ4n) is 1.56. The van der Waals surface area contributed by atoms with Crippen LogP contribution in [-0.4, -0.2) is 25.7 Å². The van der Waals surface area contributed by atoms with Crippen molar-refractivity contribution in [1.29, 1.82) is 0 Å². The molecule has 0 amide bonds. The fourth-order valence-corrected chi connectivity index (χ4v) is 1.56. The van der Waals surface area contributed by atoms with Crippen LogP contribution in [0.4, 0.5) is 0 Å². The maximum Gasteiger partial charge on any atom is 0.354 e. The van der Waals surface area contributed by atoms with Gasteiger partial charge in [-0.3, -0.25) is 0 Å². The van der Waals surface area contributed by atoms with Crippen LogP contribution < -0.4 is 0 Å². The van der Waals surface area contributed by atoms with E-state index >= 15 is 0 Å². The maximum atomic E-state index is 11.1. The van der Waals surface area contributed by atoms with E-state index in [1.54, 1.807) is 12.1 Å². The van der Waals surface area contributed by atoms with E-state index in [4.69, 9.17) is 5.11 Å². The number of carboxylic acids is 1. The van der Waals surface area contributed by atoms with Gasteiger partial charge in [0.05, 0.1) is 5.69 Å². The smallest absolute Gasteiger partial charge is 0.354 e. The lowest BCUT2D eigenvalue weighted by molar-refractivity contribution is 0.0687. The number of hydrogen-bond donors (Lipinski definition) is 1. The monoisotopic (exact) mass is 219 g/mol. The number of aromatic nitrogens is 3. The third kappa shape index (κ3) is 1.64. The highest BCUT2D eigenvalue weighted by atomic mass is 16.4. The summed E-state index contributed by atoms with van der Waals surface area (Å²) in [6.07, 6.45) is 0. The molecule has 5 nitrogen and oxygen atoms in total. The molecular weight excluding hydrogens is 206 g/mol. The SMILES string of the molecule is Cc1cc2nc(C(C)C)cc(C(=O)O)n2n1. The predicted octanol–water partition coefficient (Wildman–Crippen LogP) is 1.86. The highest BCUT2D eigenvalue weighted by Gasteiger charge is 2.14. The Balaban J connectivity index is 2.78. The molecule has 0 aliphatic rings. The molecule has 0 atom stereocenters. The van der Waals surface area contributed by atoms with Crippen LogP contribution in [0.5, 0.6) is 0 Å². The quantitative estimate of drug-likeness (QED) is 0.837. The van der Waals surface area contributed by atoms with E-state index in [0.29, 0.717) is 5.65 Å². The van der Waals surface area contributed by atoms with Crippen molar-refractivity contribution < 1.29 is 9.90 Å². The maximum absolute atomic E-state index is 11.1. The number of fused-ring (bicyclic) bond motifs is 1. The van der Waals surface area contributed by atoms with Gasteiger partial charge in [-0.2, -0.15) is 5.10 Å². The van der Waals surface area contributed by atoms with Crippen molar-refractivity contribution >= 4 is 11.6 Å². The summed E-state index contributed by atoms with van der Waals surface area (Å²) in [6, 6.07) is 3.35. The largest absolute Gasteiger partial charge is 0.477 e. The van der Waals surface area contributed by atoms with Gasteiger partial charge in [0, 0.05) is 11.8 Å². The van der Waals surface area contributed by atoms with Crippen LogP contribution in [0.15, 0.2) is 12.1 Å². The van der Waals surface area contributed by atoms with E-state index in [-0.39, 0.29) is 11.6 Å². The standard InChI is InChI=1S/C11H13N3O2/c1-6(2)8-5-9(11(15)16)14-10(12-8)4-7(3)13-14/h4-6H,1-3H3,(H,15,16). The van der Waals surface area contributed by atoms with Crippen LogP contribution in [0.2, 0.25) is 0 Å². The summed E-state index contributed by atoms with van der Waals surface area (Å²) in [5.74, 6) is -0.796. The number of nitrogens with zero attached hydrogens (tertiary/aromatic N) is 3. The first-order valence-corrected chi connectivity index (χ1v) is 5.09. The Labute approximate surface area is 92.7 Å². The molecule has 0 unspecified atom stereocenters. The normalized spacial score (nSPS) is 11.2. The molecule has 1 N–H and O–H groups in total. The lowest BCUT2D eigenvalue weighted by atomic mass is 10.1. The summed E-state index contributed by atoms with van der Waals surface area (Å²) in [7, 11) is 0. The zero-order chi connectivity index (χ0) is 11.9. The number of carboxylic acid groups (broad SMARTS) is 1. The van der Waals surface area contributed by atoms with Gasteiger partial charge >= 0.3 is 5.97 Å². The molecule has 0 saturated carbocycles. The van der Waals surface area contributed by atoms with Crippen molar-refractivity contribution in [3.8, 4) is 0 Å². The van der Waals surface area contributed by atoms with Gasteiger partial charge in [0.1, 0.15) is 0 Å². The van der Waals surface area contributed by atoms with Crippen LogP contribution in [0.1, 0.15) is 41.6 Å². The van der Waals surface area contributed by atoms with Gasteiger partial charge in [-0.05, 0) is 18.9 Å². The molecule has 0 fully saturated rings. The first kappa shape index (κ1) is 10.6. The third-order valence-electron chi connectivity index (χ3n) is 2.38. The number of aryl methyl sites for hydroxylation is 1. The second kappa shape index (κ2) is 3.59. The Bertz CT molecular complexity index is 558. The number of hydrogen-bond acceptors (Lipinski definition) is 3. The molecule has 0 radical (unpaired) electrons. The molecule has 2 aromatic heterocycles. The van der Waals surface area contributed by atoms with Crippen LogP contribution in [0.3, 0.4) is 0 Å². The van der Waals surface area contributed by atoms with Gasteiger partial charge in [-0.1, -0.05) is 13.8 Å². The van der Waals surface area contributed by atoms with E-state index in [1.165, 1.54) is 4.52 Å². The average molecular weight is 219 g/mol. The molecule has 0 aliphatic carbocycles. The zero-order valence-corrected chi connectivity index (χ0v) is 9.43. The number of aromatic carboxylic acids is 1. The molecule has 0 bridgehead atoms. The molecular formula is C11H13N3O2. The van der Waals surface area contributed by atoms with Crippen molar-refractivity contribution in [1.82, 2.24) is 14.6 Å². The highest BCUT2D eigenvalue weighted by Crippen LogP contribution is 2.16. The van der Waals surface area contributed by atoms with Crippen LogP contribution in [0.25, 0.3) is 5.65 Å². The first-order valence-electron chi connectivity index (χ1n) is 5.09. The highest BCUT2D eigenvalue weighted by molar-refractivity contribution is 5.86. The van der Waals surface area contributed by atoms with E-state index in [2.05, 4.69) is 10.1 Å². The van der Waals surface area contributed by atoms with Gasteiger partial charge in [0.2, 0.25) is 0 Å². The second-order valence-electron chi connectivity index (χ2n) is 4.08. The van der Waals surface area contributed by atoms with Gasteiger partial charge < -0.3 is 5.11 Å². The van der Waals surface area contributed by atoms with Gasteiger partial charge in [-0.25, -0.2) is 14.3 Å². The third-order valence-corrected chi connectivity index (χ3v) is 2.38. The minimum Gasteiger partial charge on any atom is -0.477 e. The summed E-state index contributed by atoms with van der Waals surface area (Å²) >= 11 is 0. The van der Waals surface area contributed by atoms with E-state index in [1.807, 2.05) is 20.8 Å². The zero-order valence-electron chi connectivity index (χ0n) is 9.43. The fraction of sp³-hybridized carbons (Fsp3) is 0.364. The van der Waals surface area contributed by atoms with Crippen molar-refractivity contribution in [2.45, 2.75) is 26.7 Å². The predicted molar refractivity (Wildman–Crippen MR) is 58.8 cm³/mol. The molecule has 2 rings (SSSR count). The van der Waals surface area contributed by atoms with Crippen LogP contribution in [0, 0.1) is 6.92 Å². The molecule has 16 heavy (non-hydrogen) atoms. The summed E-state index contributed by atoms with van der Waals surface area (Å²) in [6.45, 7) is 5.77. The Kier molecular flexibility index (Phi) is 2.38.